The minimum Gasteiger partial charge on any atom is -0.508 e. The summed E-state index contributed by atoms with van der Waals surface area (Å²) in [6.45, 7) is 5.73. The quantitative estimate of drug-likeness (QED) is 0.276. The van der Waals surface area contributed by atoms with Gasteiger partial charge in [-0.15, -0.1) is 0 Å². The molecule has 0 atom stereocenters. The highest BCUT2D eigenvalue weighted by atomic mass is 28.4. The lowest BCUT2D eigenvalue weighted by atomic mass is 9.95. The Morgan fingerprint density at radius 3 is 1.91 bits per heavy atom. The Bertz CT molecular complexity index is 960. The zero-order chi connectivity index (χ0) is 25.8. The molecule has 0 aliphatic heterocycles. The van der Waals surface area contributed by atoms with Gasteiger partial charge in [-0.25, -0.2) is 0 Å². The van der Waals surface area contributed by atoms with Crippen molar-refractivity contribution < 1.29 is 32.8 Å². The highest BCUT2D eigenvalue weighted by Gasteiger charge is 2.51. The average Bonchev–Trinajstić information content (AvgIpc) is 2.76. The van der Waals surface area contributed by atoms with Gasteiger partial charge in [-0.2, -0.15) is 0 Å². The Labute approximate surface area is 208 Å². The highest BCUT2D eigenvalue weighted by molar-refractivity contribution is 6.65. The fourth-order valence-electron chi connectivity index (χ4n) is 4.04. The predicted octanol–water partition coefficient (Wildman–Crippen LogP) is 5.74. The van der Waals surface area contributed by atoms with E-state index < -0.39 is 26.7 Å². The van der Waals surface area contributed by atoms with Crippen molar-refractivity contribution in [3.63, 3.8) is 0 Å². The molecular formula is C27H36O7Si. The number of carbonyl (C=O) groups excluding carboxylic acids is 3. The van der Waals surface area contributed by atoms with Gasteiger partial charge in [-0.3, -0.25) is 14.4 Å². The summed E-state index contributed by atoms with van der Waals surface area (Å²) in [4.78, 5) is 35.0. The van der Waals surface area contributed by atoms with E-state index in [0.717, 1.165) is 23.1 Å². The second-order valence-corrected chi connectivity index (χ2v) is 11.1. The van der Waals surface area contributed by atoms with Gasteiger partial charge in [0.15, 0.2) is 0 Å². The van der Waals surface area contributed by atoms with E-state index in [1.165, 1.54) is 52.0 Å². The summed E-state index contributed by atoms with van der Waals surface area (Å²) < 4.78 is 15.8. The van der Waals surface area contributed by atoms with E-state index in [0.29, 0.717) is 12.8 Å². The molecule has 0 radical (unpaired) electrons. The van der Waals surface area contributed by atoms with Crippen molar-refractivity contribution in [2.75, 3.05) is 0 Å². The predicted molar refractivity (Wildman–Crippen MR) is 136 cm³/mol. The number of hydrogen-bond donors (Lipinski definition) is 1. The highest BCUT2D eigenvalue weighted by Crippen LogP contribution is 2.30. The van der Waals surface area contributed by atoms with Crippen molar-refractivity contribution in [1.82, 2.24) is 0 Å². The maximum absolute atomic E-state index is 11.7. The normalized spacial score (nSPS) is 11.1. The van der Waals surface area contributed by atoms with Gasteiger partial charge in [0.25, 0.3) is 17.9 Å². The average molecular weight is 501 g/mol. The molecule has 0 bridgehead atoms. The van der Waals surface area contributed by atoms with Crippen molar-refractivity contribution in [3.8, 4) is 16.9 Å². The van der Waals surface area contributed by atoms with E-state index in [4.69, 9.17) is 13.3 Å². The number of rotatable bonds is 13. The number of hydrogen-bond acceptors (Lipinski definition) is 7. The fourth-order valence-corrected chi connectivity index (χ4v) is 6.40. The SMILES string of the molecule is CCCCCCc1ccc(-c2ccc(O)cc2CCC[Si](OC(C)=O)(OC(C)=O)OC(C)=O)cc1. The summed E-state index contributed by atoms with van der Waals surface area (Å²) in [5.74, 6) is -1.93. The molecule has 2 aromatic carbocycles. The molecule has 190 valence electrons. The van der Waals surface area contributed by atoms with Crippen LogP contribution >= 0.6 is 0 Å². The van der Waals surface area contributed by atoms with Gasteiger partial charge in [0.05, 0.1) is 6.04 Å². The van der Waals surface area contributed by atoms with Crippen LogP contribution in [0.25, 0.3) is 11.1 Å². The molecule has 0 saturated carbocycles. The lowest BCUT2D eigenvalue weighted by molar-refractivity contribution is -0.147. The van der Waals surface area contributed by atoms with Crippen LogP contribution in [0.4, 0.5) is 0 Å². The van der Waals surface area contributed by atoms with Crippen molar-refractivity contribution in [1.29, 1.82) is 0 Å². The topological polar surface area (TPSA) is 99.1 Å². The lowest BCUT2D eigenvalue weighted by Crippen LogP contribution is -2.49. The number of phenolic OH excluding ortho intramolecular Hbond substituents is 1. The van der Waals surface area contributed by atoms with Gasteiger partial charge in [-0.05, 0) is 60.1 Å². The number of aryl methyl sites for hydroxylation is 2. The molecule has 0 aliphatic carbocycles. The fraction of sp³-hybridized carbons (Fsp3) is 0.444. The molecule has 1 N–H and O–H groups in total. The van der Waals surface area contributed by atoms with Crippen LogP contribution in [-0.4, -0.2) is 31.8 Å². The molecule has 7 nitrogen and oxygen atoms in total. The van der Waals surface area contributed by atoms with Crippen molar-refractivity contribution in [2.45, 2.75) is 78.7 Å². The number of carbonyl (C=O) groups is 3. The molecule has 0 heterocycles. The van der Waals surface area contributed by atoms with Gasteiger partial charge < -0.3 is 18.4 Å². The Kier molecular flexibility index (Phi) is 11.0. The Balaban J connectivity index is 2.18. The molecule has 2 aromatic rings. The third-order valence-corrected chi connectivity index (χ3v) is 8.26. The number of unbranched alkanes of at least 4 members (excludes halogenated alkanes) is 3. The second-order valence-electron chi connectivity index (χ2n) is 8.67. The first-order chi connectivity index (χ1) is 16.6. The van der Waals surface area contributed by atoms with Crippen molar-refractivity contribution >= 4 is 26.7 Å². The van der Waals surface area contributed by atoms with Gasteiger partial charge in [-0.1, -0.05) is 56.5 Å². The van der Waals surface area contributed by atoms with E-state index in [9.17, 15) is 19.5 Å². The van der Waals surface area contributed by atoms with Crippen molar-refractivity contribution in [3.05, 3.63) is 53.6 Å². The molecule has 0 spiro atoms. The molecule has 0 aliphatic rings. The first kappa shape index (κ1) is 28.1. The maximum atomic E-state index is 11.7. The Hall–Kier alpha value is -3.13. The van der Waals surface area contributed by atoms with Crippen LogP contribution in [0.3, 0.4) is 0 Å². The summed E-state index contributed by atoms with van der Waals surface area (Å²) in [6.07, 6.45) is 6.83. The third-order valence-electron chi connectivity index (χ3n) is 5.50. The number of aromatic hydroxyl groups is 1. The molecule has 0 fully saturated rings. The number of phenols is 1. The van der Waals surface area contributed by atoms with E-state index >= 15 is 0 Å². The zero-order valence-electron chi connectivity index (χ0n) is 21.1. The molecule has 35 heavy (non-hydrogen) atoms. The molecular weight excluding hydrogens is 464 g/mol. The maximum Gasteiger partial charge on any atom is 0.705 e. The summed E-state index contributed by atoms with van der Waals surface area (Å²) in [7, 11) is -3.89. The van der Waals surface area contributed by atoms with Gasteiger partial charge in [0.2, 0.25) is 0 Å². The van der Waals surface area contributed by atoms with Gasteiger partial charge >= 0.3 is 8.80 Å². The van der Waals surface area contributed by atoms with Crippen LogP contribution in [0.1, 0.15) is 70.9 Å². The van der Waals surface area contributed by atoms with E-state index in [1.54, 1.807) is 12.1 Å². The summed E-state index contributed by atoms with van der Waals surface area (Å²) in [6, 6.07) is 13.7. The largest absolute Gasteiger partial charge is 0.705 e. The van der Waals surface area contributed by atoms with Crippen LogP contribution in [0.15, 0.2) is 42.5 Å². The van der Waals surface area contributed by atoms with Crippen LogP contribution in [-0.2, 0) is 40.5 Å². The van der Waals surface area contributed by atoms with Crippen molar-refractivity contribution in [2.24, 2.45) is 0 Å². The zero-order valence-corrected chi connectivity index (χ0v) is 22.1. The summed E-state index contributed by atoms with van der Waals surface area (Å²) in [5.41, 5.74) is 4.18. The standard InChI is InChI=1S/C27H36O7Si/c1-5-6-7-8-10-23-12-14-24(15-13-23)27-17-16-26(31)19-25(27)11-9-18-35(32-20(2)28,33-21(3)29)34-22(4)30/h12-17,19,31H,5-11,18H2,1-4H3. The second kappa shape index (κ2) is 13.7. The van der Waals surface area contributed by atoms with Gasteiger partial charge in [0.1, 0.15) is 5.75 Å². The smallest absolute Gasteiger partial charge is 0.508 e. The molecule has 2 rings (SSSR count). The monoisotopic (exact) mass is 500 g/mol. The van der Waals surface area contributed by atoms with Gasteiger partial charge in [0, 0.05) is 20.8 Å². The molecule has 0 saturated heterocycles. The van der Waals surface area contributed by atoms with Crippen LogP contribution in [0.2, 0.25) is 6.04 Å². The van der Waals surface area contributed by atoms with Crippen LogP contribution in [0.5, 0.6) is 5.75 Å². The minimum absolute atomic E-state index is 0.0809. The molecule has 0 aromatic heterocycles. The molecule has 0 unspecified atom stereocenters. The number of benzene rings is 2. The Morgan fingerprint density at radius 2 is 1.37 bits per heavy atom. The Morgan fingerprint density at radius 1 is 0.771 bits per heavy atom. The lowest BCUT2D eigenvalue weighted by Gasteiger charge is -2.26. The first-order valence-corrected chi connectivity index (χ1v) is 14.1. The van der Waals surface area contributed by atoms with Crippen LogP contribution < -0.4 is 0 Å². The minimum atomic E-state index is -3.89. The van der Waals surface area contributed by atoms with Crippen LogP contribution in [0, 0.1) is 0 Å². The van der Waals surface area contributed by atoms with E-state index in [-0.39, 0.29) is 11.8 Å². The first-order valence-electron chi connectivity index (χ1n) is 12.1. The van der Waals surface area contributed by atoms with E-state index in [2.05, 4.69) is 31.2 Å². The third kappa shape index (κ3) is 9.56. The van der Waals surface area contributed by atoms with E-state index in [1.807, 2.05) is 6.07 Å². The molecule has 0 amide bonds. The summed E-state index contributed by atoms with van der Waals surface area (Å²) >= 11 is 0. The summed E-state index contributed by atoms with van der Waals surface area (Å²) in [5, 5.41) is 10.1. The molecule has 8 heteroatoms.